The number of amides is 3. The van der Waals surface area contributed by atoms with Gasteiger partial charge in [-0.15, -0.1) is 0 Å². The lowest BCUT2D eigenvalue weighted by molar-refractivity contribution is -0.143. The minimum absolute atomic E-state index is 0.183. The third kappa shape index (κ3) is 7.20. The molecule has 0 fully saturated rings. The van der Waals surface area contributed by atoms with Gasteiger partial charge in [-0.25, -0.2) is 9.59 Å². The molecule has 0 spiro atoms. The molecule has 3 amide bonds. The Labute approximate surface area is 175 Å². The molecule has 0 heterocycles. The van der Waals surface area contributed by atoms with Crippen molar-refractivity contribution in [2.45, 2.75) is 52.7 Å². The number of urea groups is 1. The largest absolute Gasteiger partial charge is 0.480 e. The Morgan fingerprint density at radius 2 is 1.68 bits per heavy atom. The Morgan fingerprint density at radius 3 is 2.18 bits per heavy atom. The lowest BCUT2D eigenvalue weighted by Crippen LogP contribution is -2.56. The highest BCUT2D eigenvalue weighted by molar-refractivity contribution is 6.42. The van der Waals surface area contributed by atoms with Gasteiger partial charge in [0.2, 0.25) is 5.91 Å². The van der Waals surface area contributed by atoms with E-state index in [4.69, 9.17) is 23.2 Å². The molecule has 3 atom stereocenters. The van der Waals surface area contributed by atoms with Gasteiger partial charge in [-0.1, -0.05) is 63.4 Å². The molecule has 0 aliphatic carbocycles. The van der Waals surface area contributed by atoms with Crippen LogP contribution < -0.4 is 16.0 Å². The summed E-state index contributed by atoms with van der Waals surface area (Å²) in [7, 11) is 0. The van der Waals surface area contributed by atoms with Crippen LogP contribution in [0.4, 0.5) is 4.79 Å². The van der Waals surface area contributed by atoms with Crippen molar-refractivity contribution in [1.82, 2.24) is 16.0 Å². The van der Waals surface area contributed by atoms with Crippen molar-refractivity contribution < 1.29 is 19.5 Å². The van der Waals surface area contributed by atoms with Crippen molar-refractivity contribution in [2.24, 2.45) is 11.8 Å². The van der Waals surface area contributed by atoms with Crippen LogP contribution in [0.1, 0.15) is 39.7 Å². The van der Waals surface area contributed by atoms with E-state index in [1.54, 1.807) is 32.0 Å². The molecular weight excluding hydrogens is 405 g/mol. The third-order valence-corrected chi connectivity index (χ3v) is 5.19. The number of carboxylic acid groups (broad SMARTS) is 1. The lowest BCUT2D eigenvalue weighted by Gasteiger charge is -2.26. The average Bonchev–Trinajstić information content (AvgIpc) is 2.63. The van der Waals surface area contributed by atoms with E-state index in [1.807, 2.05) is 13.8 Å². The Kier molecular flexibility index (Phi) is 9.55. The highest BCUT2D eigenvalue weighted by Gasteiger charge is 2.31. The molecule has 1 aromatic rings. The zero-order valence-corrected chi connectivity index (χ0v) is 17.9. The van der Waals surface area contributed by atoms with Crippen LogP contribution in [0.2, 0.25) is 10.0 Å². The average molecular weight is 432 g/mol. The lowest BCUT2D eigenvalue weighted by atomic mass is 9.97. The number of benzene rings is 1. The van der Waals surface area contributed by atoms with Crippen molar-refractivity contribution in [2.75, 3.05) is 0 Å². The molecule has 0 unspecified atom stereocenters. The first-order chi connectivity index (χ1) is 13.1. The van der Waals surface area contributed by atoms with Crippen molar-refractivity contribution in [3.8, 4) is 0 Å². The van der Waals surface area contributed by atoms with Crippen LogP contribution in [0.3, 0.4) is 0 Å². The number of hydrogen-bond donors (Lipinski definition) is 4. The van der Waals surface area contributed by atoms with E-state index in [0.29, 0.717) is 16.5 Å². The Hall–Kier alpha value is -1.99. The van der Waals surface area contributed by atoms with Crippen LogP contribution in [0.5, 0.6) is 0 Å². The fraction of sp³-hybridized carbons (Fsp3) is 0.526. The SMILES string of the molecule is CC[C@H](C)[C@H](NC(=O)NCc1ccc(Cl)c(Cl)c1)C(=O)N[C@H](C(=O)O)C(C)C. The maximum absolute atomic E-state index is 12.6. The summed E-state index contributed by atoms with van der Waals surface area (Å²) in [5, 5.41) is 17.9. The number of halogens is 2. The summed E-state index contributed by atoms with van der Waals surface area (Å²) in [6.45, 7) is 7.30. The number of carboxylic acids is 1. The zero-order valence-electron chi connectivity index (χ0n) is 16.4. The molecule has 0 aliphatic heterocycles. The summed E-state index contributed by atoms with van der Waals surface area (Å²) < 4.78 is 0. The second kappa shape index (κ2) is 11.1. The van der Waals surface area contributed by atoms with Crippen LogP contribution in [0, 0.1) is 11.8 Å². The van der Waals surface area contributed by atoms with Gasteiger partial charge in [0.25, 0.3) is 0 Å². The summed E-state index contributed by atoms with van der Waals surface area (Å²) in [6, 6.07) is 2.57. The summed E-state index contributed by atoms with van der Waals surface area (Å²) in [5.74, 6) is -2.12. The van der Waals surface area contributed by atoms with Gasteiger partial charge in [0, 0.05) is 6.54 Å². The van der Waals surface area contributed by atoms with Crippen molar-refractivity contribution in [1.29, 1.82) is 0 Å². The van der Waals surface area contributed by atoms with E-state index >= 15 is 0 Å². The van der Waals surface area contributed by atoms with Crippen LogP contribution in [-0.4, -0.2) is 35.1 Å². The quantitative estimate of drug-likeness (QED) is 0.480. The first-order valence-corrected chi connectivity index (χ1v) is 9.83. The molecule has 156 valence electrons. The highest BCUT2D eigenvalue weighted by Crippen LogP contribution is 2.22. The predicted octanol–water partition coefficient (Wildman–Crippen LogP) is 3.43. The van der Waals surface area contributed by atoms with E-state index in [1.165, 1.54) is 0 Å². The van der Waals surface area contributed by atoms with Gasteiger partial charge in [0.15, 0.2) is 0 Å². The first-order valence-electron chi connectivity index (χ1n) is 9.08. The second-order valence-electron chi connectivity index (χ2n) is 7.01. The van der Waals surface area contributed by atoms with Crippen LogP contribution >= 0.6 is 23.2 Å². The third-order valence-electron chi connectivity index (χ3n) is 4.45. The van der Waals surface area contributed by atoms with Crippen LogP contribution in [0.25, 0.3) is 0 Å². The van der Waals surface area contributed by atoms with E-state index in [2.05, 4.69) is 16.0 Å². The van der Waals surface area contributed by atoms with Crippen LogP contribution in [0.15, 0.2) is 18.2 Å². The molecule has 9 heteroatoms. The number of carbonyl (C=O) groups is 3. The molecule has 0 saturated heterocycles. The second-order valence-corrected chi connectivity index (χ2v) is 7.82. The summed E-state index contributed by atoms with van der Waals surface area (Å²) in [6.07, 6.45) is 0.630. The number of hydrogen-bond acceptors (Lipinski definition) is 3. The molecule has 0 aromatic heterocycles. The van der Waals surface area contributed by atoms with Gasteiger partial charge in [-0.05, 0) is 29.5 Å². The number of nitrogens with one attached hydrogen (secondary N) is 3. The molecule has 0 saturated carbocycles. The summed E-state index contributed by atoms with van der Waals surface area (Å²) in [5.41, 5.74) is 0.750. The Bertz CT molecular complexity index is 712. The molecule has 7 nitrogen and oxygen atoms in total. The molecule has 4 N–H and O–H groups in total. The monoisotopic (exact) mass is 431 g/mol. The molecule has 0 aliphatic rings. The van der Waals surface area contributed by atoms with Gasteiger partial charge < -0.3 is 21.1 Å². The fourth-order valence-electron chi connectivity index (χ4n) is 2.48. The predicted molar refractivity (Wildman–Crippen MR) is 109 cm³/mol. The molecular formula is C19H27Cl2N3O4. The van der Waals surface area contributed by atoms with Gasteiger partial charge in [0.1, 0.15) is 12.1 Å². The number of carbonyl (C=O) groups excluding carboxylic acids is 2. The maximum Gasteiger partial charge on any atom is 0.326 e. The standard InChI is InChI=1S/C19H27Cl2N3O4/c1-5-11(4)16(17(25)23-15(10(2)3)18(26)27)24-19(28)22-9-12-6-7-13(20)14(21)8-12/h6-8,10-11,15-16H,5,9H2,1-4H3,(H,23,25)(H,26,27)(H2,22,24,28)/t11-,15-,16-/m0/s1. The van der Waals surface area contributed by atoms with Gasteiger partial charge in [-0.3, -0.25) is 4.79 Å². The van der Waals surface area contributed by atoms with Gasteiger partial charge >= 0.3 is 12.0 Å². The van der Waals surface area contributed by atoms with Gasteiger partial charge in [-0.2, -0.15) is 0 Å². The van der Waals surface area contributed by atoms with E-state index in [-0.39, 0.29) is 18.4 Å². The Morgan fingerprint density at radius 1 is 1.04 bits per heavy atom. The van der Waals surface area contributed by atoms with Crippen molar-refractivity contribution in [3.05, 3.63) is 33.8 Å². The normalized spacial score (nSPS) is 14.1. The topological polar surface area (TPSA) is 108 Å². The fourth-order valence-corrected chi connectivity index (χ4v) is 2.80. The first kappa shape index (κ1) is 24.0. The molecule has 28 heavy (non-hydrogen) atoms. The van der Waals surface area contributed by atoms with Gasteiger partial charge in [0.05, 0.1) is 10.0 Å². The number of aliphatic carboxylic acids is 1. The smallest absolute Gasteiger partial charge is 0.326 e. The van der Waals surface area contributed by atoms with Crippen LogP contribution in [-0.2, 0) is 16.1 Å². The summed E-state index contributed by atoms with van der Waals surface area (Å²) >= 11 is 11.8. The van der Waals surface area contributed by atoms with Crippen molar-refractivity contribution >= 4 is 41.1 Å². The van der Waals surface area contributed by atoms with Crippen molar-refractivity contribution in [3.63, 3.8) is 0 Å². The summed E-state index contributed by atoms with van der Waals surface area (Å²) in [4.78, 5) is 36.2. The number of rotatable bonds is 9. The molecule has 1 rings (SSSR count). The maximum atomic E-state index is 12.6. The molecule has 1 aromatic carbocycles. The minimum Gasteiger partial charge on any atom is -0.480 e. The van der Waals surface area contributed by atoms with E-state index < -0.39 is 30.0 Å². The highest BCUT2D eigenvalue weighted by atomic mass is 35.5. The van der Waals surface area contributed by atoms with E-state index in [9.17, 15) is 19.5 Å². The van der Waals surface area contributed by atoms with E-state index in [0.717, 1.165) is 5.56 Å². The molecule has 0 radical (unpaired) electrons. The Balaban J connectivity index is 2.76. The minimum atomic E-state index is -1.12. The molecule has 0 bridgehead atoms. The zero-order chi connectivity index (χ0) is 21.4.